The minimum absolute atomic E-state index is 0.0122. The highest BCUT2D eigenvalue weighted by Crippen LogP contribution is 2.32. The van der Waals surface area contributed by atoms with Crippen molar-refractivity contribution in [3.05, 3.63) is 58.6 Å². The Morgan fingerprint density at radius 1 is 1.09 bits per heavy atom. The van der Waals surface area contributed by atoms with Crippen molar-refractivity contribution in [3.8, 4) is 0 Å². The number of nitrogens with zero attached hydrogens (tertiary/aromatic N) is 3. The summed E-state index contributed by atoms with van der Waals surface area (Å²) in [6, 6.07) is 13.1. The summed E-state index contributed by atoms with van der Waals surface area (Å²) in [6.45, 7) is 6.67. The summed E-state index contributed by atoms with van der Waals surface area (Å²) in [5.41, 5.74) is 3.39. The lowest BCUT2D eigenvalue weighted by molar-refractivity contribution is -0.116. The van der Waals surface area contributed by atoms with E-state index >= 15 is 0 Å². The van der Waals surface area contributed by atoms with Crippen molar-refractivity contribution in [2.45, 2.75) is 13.3 Å². The average molecular weight is 485 g/mol. The zero-order valence-electron chi connectivity index (χ0n) is 19.8. The number of amides is 2. The van der Waals surface area contributed by atoms with Crippen molar-refractivity contribution < 1.29 is 14.7 Å². The molecule has 8 heteroatoms. The van der Waals surface area contributed by atoms with Crippen LogP contribution in [0, 0.1) is 18.8 Å². The first-order valence-corrected chi connectivity index (χ1v) is 12.2. The number of likely N-dealkylation sites (N-methyl/N-ethyl adjacent to an activating group) is 1. The number of halogens is 1. The Labute approximate surface area is 206 Å². The third kappa shape index (κ3) is 5.71. The van der Waals surface area contributed by atoms with Gasteiger partial charge in [0.2, 0.25) is 5.91 Å². The van der Waals surface area contributed by atoms with Crippen LogP contribution >= 0.6 is 11.6 Å². The Bertz CT molecular complexity index is 1020. The van der Waals surface area contributed by atoms with Crippen molar-refractivity contribution >= 4 is 34.8 Å². The van der Waals surface area contributed by atoms with Gasteiger partial charge in [-0.25, -0.2) is 0 Å². The summed E-state index contributed by atoms with van der Waals surface area (Å²) in [5, 5.41) is 12.7. The molecule has 2 unspecified atom stereocenters. The molecular weight excluding hydrogens is 452 g/mol. The van der Waals surface area contributed by atoms with E-state index in [-0.39, 0.29) is 18.4 Å². The predicted molar refractivity (Wildman–Crippen MR) is 136 cm³/mol. The molecule has 2 aromatic rings. The number of fused-ring (bicyclic) bond motifs is 1. The highest BCUT2D eigenvalue weighted by atomic mass is 35.5. The molecule has 2 aliphatic heterocycles. The zero-order valence-corrected chi connectivity index (χ0v) is 20.6. The van der Waals surface area contributed by atoms with Gasteiger partial charge < -0.3 is 25.1 Å². The third-order valence-electron chi connectivity index (χ3n) is 6.95. The van der Waals surface area contributed by atoms with Crippen molar-refractivity contribution in [1.29, 1.82) is 0 Å². The van der Waals surface area contributed by atoms with E-state index < -0.39 is 0 Å². The lowest BCUT2D eigenvalue weighted by atomic mass is 10.0. The zero-order chi connectivity index (χ0) is 24.2. The Morgan fingerprint density at radius 2 is 1.76 bits per heavy atom. The van der Waals surface area contributed by atoms with E-state index in [1.807, 2.05) is 60.2 Å². The molecule has 2 aliphatic rings. The number of nitrogens with one attached hydrogen (secondary N) is 1. The summed E-state index contributed by atoms with van der Waals surface area (Å²) < 4.78 is 0. The first-order chi connectivity index (χ1) is 16.3. The van der Waals surface area contributed by atoms with Crippen LogP contribution in [-0.4, -0.2) is 79.6 Å². The molecule has 0 radical (unpaired) electrons. The molecule has 0 aliphatic carbocycles. The Balaban J connectivity index is 1.22. The Hall–Kier alpha value is -2.61. The van der Waals surface area contributed by atoms with E-state index in [4.69, 9.17) is 16.7 Å². The van der Waals surface area contributed by atoms with E-state index in [2.05, 4.69) is 10.2 Å². The van der Waals surface area contributed by atoms with Crippen LogP contribution in [0.4, 0.5) is 11.4 Å². The molecule has 2 aromatic carbocycles. The normalized spacial score (nSPS) is 19.8. The van der Waals surface area contributed by atoms with Gasteiger partial charge in [-0.2, -0.15) is 0 Å². The van der Waals surface area contributed by atoms with Gasteiger partial charge in [-0.15, -0.1) is 0 Å². The fourth-order valence-corrected chi connectivity index (χ4v) is 5.09. The molecule has 4 rings (SSSR count). The van der Waals surface area contributed by atoms with Crippen molar-refractivity contribution in [1.82, 2.24) is 9.80 Å². The van der Waals surface area contributed by atoms with E-state index in [0.717, 1.165) is 49.7 Å². The molecule has 34 heavy (non-hydrogen) atoms. The van der Waals surface area contributed by atoms with Crippen LogP contribution in [0.15, 0.2) is 42.5 Å². The van der Waals surface area contributed by atoms with Gasteiger partial charge in [-0.05, 0) is 60.7 Å². The lowest BCUT2D eigenvalue weighted by Crippen LogP contribution is -2.34. The SMILES string of the molecule is Cc1ccc(NC(=O)CCN2CC3CN(C(=O)c4ccc(N(C)CCO)cc4)CC3C2)cc1Cl. The standard InChI is InChI=1S/C26H33ClN4O3/c1-18-3-6-22(13-24(18)27)28-25(33)9-10-30-14-20-16-31(17-21(20)15-30)26(34)19-4-7-23(8-5-19)29(2)11-12-32/h3-8,13,20-21,32H,9-12,14-17H2,1-2H3,(H,28,33). The largest absolute Gasteiger partial charge is 0.395 e. The molecule has 0 saturated carbocycles. The number of likely N-dealkylation sites (tertiary alicyclic amines) is 2. The lowest BCUT2D eigenvalue weighted by Gasteiger charge is -2.22. The minimum Gasteiger partial charge on any atom is -0.395 e. The van der Waals surface area contributed by atoms with Gasteiger partial charge in [-0.1, -0.05) is 17.7 Å². The molecule has 0 aromatic heterocycles. The number of aliphatic hydroxyl groups excluding tert-OH is 1. The number of hydrogen-bond donors (Lipinski definition) is 2. The van der Waals surface area contributed by atoms with Crippen LogP contribution < -0.4 is 10.2 Å². The van der Waals surface area contributed by atoms with Crippen LogP contribution in [0.5, 0.6) is 0 Å². The van der Waals surface area contributed by atoms with Crippen LogP contribution in [0.3, 0.4) is 0 Å². The molecule has 2 heterocycles. The van der Waals surface area contributed by atoms with Gasteiger partial charge in [-0.3, -0.25) is 9.59 Å². The first kappa shape index (κ1) is 24.5. The van der Waals surface area contributed by atoms with E-state index in [1.54, 1.807) is 6.07 Å². The first-order valence-electron chi connectivity index (χ1n) is 11.8. The van der Waals surface area contributed by atoms with E-state index in [9.17, 15) is 9.59 Å². The second-order valence-corrected chi connectivity index (χ2v) is 9.85. The number of carbonyl (C=O) groups excluding carboxylic acids is 2. The second-order valence-electron chi connectivity index (χ2n) is 9.44. The van der Waals surface area contributed by atoms with Gasteiger partial charge >= 0.3 is 0 Å². The molecule has 7 nitrogen and oxygen atoms in total. The molecule has 2 atom stereocenters. The monoisotopic (exact) mass is 484 g/mol. The maximum Gasteiger partial charge on any atom is 0.253 e. The maximum atomic E-state index is 13.0. The number of aryl methyl sites for hydroxylation is 1. The number of anilines is 2. The Kier molecular flexibility index (Phi) is 7.76. The number of benzene rings is 2. The van der Waals surface area contributed by atoms with Gasteiger partial charge in [0.25, 0.3) is 5.91 Å². The van der Waals surface area contributed by atoms with Gasteiger partial charge in [0.05, 0.1) is 6.61 Å². The fraction of sp³-hybridized carbons (Fsp3) is 0.462. The summed E-state index contributed by atoms with van der Waals surface area (Å²) in [4.78, 5) is 31.6. The average Bonchev–Trinajstić information content (AvgIpc) is 3.39. The summed E-state index contributed by atoms with van der Waals surface area (Å²) in [7, 11) is 1.92. The maximum absolute atomic E-state index is 13.0. The molecule has 0 bridgehead atoms. The van der Waals surface area contributed by atoms with Crippen molar-refractivity contribution in [2.24, 2.45) is 11.8 Å². The van der Waals surface area contributed by atoms with Crippen LogP contribution in [0.2, 0.25) is 5.02 Å². The number of aliphatic hydroxyl groups is 1. The molecule has 182 valence electrons. The van der Waals surface area contributed by atoms with Gasteiger partial charge in [0.15, 0.2) is 0 Å². The van der Waals surface area contributed by atoms with Crippen molar-refractivity contribution in [3.63, 3.8) is 0 Å². The topological polar surface area (TPSA) is 76.1 Å². The summed E-state index contributed by atoms with van der Waals surface area (Å²) >= 11 is 6.14. The molecule has 0 spiro atoms. The molecule has 2 amide bonds. The minimum atomic E-state index is -0.0122. The van der Waals surface area contributed by atoms with Gasteiger partial charge in [0, 0.05) is 74.7 Å². The highest BCUT2D eigenvalue weighted by Gasteiger charge is 2.41. The predicted octanol–water partition coefficient (Wildman–Crippen LogP) is 3.11. The smallest absolute Gasteiger partial charge is 0.253 e. The fourth-order valence-electron chi connectivity index (χ4n) is 4.91. The Morgan fingerprint density at radius 3 is 2.38 bits per heavy atom. The van der Waals surface area contributed by atoms with Crippen LogP contribution in [0.1, 0.15) is 22.3 Å². The second kappa shape index (κ2) is 10.8. The summed E-state index contributed by atoms with van der Waals surface area (Å²) in [5.74, 6) is 0.978. The van der Waals surface area contributed by atoms with Crippen LogP contribution in [0.25, 0.3) is 0 Å². The van der Waals surface area contributed by atoms with Gasteiger partial charge in [0.1, 0.15) is 0 Å². The molecule has 2 N–H and O–H groups in total. The highest BCUT2D eigenvalue weighted by molar-refractivity contribution is 6.31. The van der Waals surface area contributed by atoms with E-state index in [0.29, 0.717) is 35.4 Å². The number of hydrogen-bond acceptors (Lipinski definition) is 5. The molecular formula is C26H33ClN4O3. The molecule has 2 fully saturated rings. The van der Waals surface area contributed by atoms with Crippen LogP contribution in [-0.2, 0) is 4.79 Å². The summed E-state index contributed by atoms with van der Waals surface area (Å²) in [6.07, 6.45) is 0.435. The van der Waals surface area contributed by atoms with E-state index in [1.165, 1.54) is 0 Å². The van der Waals surface area contributed by atoms with Crippen molar-refractivity contribution in [2.75, 3.05) is 63.1 Å². The number of carbonyl (C=O) groups is 2. The third-order valence-corrected chi connectivity index (χ3v) is 7.36. The molecule has 2 saturated heterocycles. The number of rotatable bonds is 8. The quantitative estimate of drug-likeness (QED) is 0.602.